The molecule has 0 amide bonds. The zero-order valence-corrected chi connectivity index (χ0v) is 20.8. The molecule has 0 aliphatic rings. The molecular weight excluding hydrogens is 415 g/mol. The highest BCUT2D eigenvalue weighted by molar-refractivity contribution is 7.48. The molecule has 0 aliphatic heterocycles. The van der Waals surface area contributed by atoms with Crippen LogP contribution in [0.1, 0.15) is 61.1 Å². The molecule has 0 saturated carbocycles. The molecule has 1 N–H and O–H groups in total. The molecule has 170 valence electrons. The van der Waals surface area contributed by atoms with E-state index in [0.29, 0.717) is 8.58 Å². The lowest BCUT2D eigenvalue weighted by atomic mass is 9.92. The molecule has 0 aromatic heterocycles. The molecule has 3 aromatic carbocycles. The van der Waals surface area contributed by atoms with Gasteiger partial charge in [-0.1, -0.05) is 89.2 Å². The van der Waals surface area contributed by atoms with Gasteiger partial charge in [-0.2, -0.15) is 0 Å². The first kappa shape index (κ1) is 24.5. The van der Waals surface area contributed by atoms with Gasteiger partial charge < -0.3 is 14.6 Å². The summed E-state index contributed by atoms with van der Waals surface area (Å²) in [6, 6.07) is 23.2. The van der Waals surface area contributed by atoms with Gasteiger partial charge in [0.15, 0.2) is 6.79 Å². The summed E-state index contributed by atoms with van der Waals surface area (Å²) in [7, 11) is 2.16. The lowest BCUT2D eigenvalue weighted by Gasteiger charge is -2.33. The fraction of sp³-hybridized carbons (Fsp3) is 0.357. The maximum atomic E-state index is 10.4. The van der Waals surface area contributed by atoms with Gasteiger partial charge in [-0.15, -0.1) is 0 Å². The number of rotatable bonds is 10. The summed E-state index contributed by atoms with van der Waals surface area (Å²) in [6.45, 7) is 8.74. The molecule has 3 aromatic rings. The largest absolute Gasteiger partial charge is 0.467 e. The molecule has 32 heavy (non-hydrogen) atoms. The van der Waals surface area contributed by atoms with Crippen molar-refractivity contribution in [2.45, 2.75) is 51.8 Å². The van der Waals surface area contributed by atoms with Gasteiger partial charge in [0.1, 0.15) is 5.75 Å². The van der Waals surface area contributed by atoms with Gasteiger partial charge in [0.25, 0.3) is 0 Å². The lowest BCUT2D eigenvalue weighted by molar-refractivity contribution is 0.0494. The second kappa shape index (κ2) is 11.1. The Kier molecular flexibility index (Phi) is 8.48. The minimum absolute atomic E-state index is 0.133. The van der Waals surface area contributed by atoms with Crippen LogP contribution in [0.4, 0.5) is 0 Å². The van der Waals surface area contributed by atoms with E-state index in [-0.39, 0.29) is 11.9 Å². The van der Waals surface area contributed by atoms with Crippen molar-refractivity contribution in [2.75, 3.05) is 13.9 Å². The van der Waals surface area contributed by atoms with Gasteiger partial charge in [0, 0.05) is 24.3 Å². The molecule has 3 rings (SSSR count). The first-order chi connectivity index (χ1) is 15.4. The average molecular weight is 451 g/mol. The van der Waals surface area contributed by atoms with Crippen molar-refractivity contribution in [1.82, 2.24) is 0 Å². The maximum Gasteiger partial charge on any atom is 0.188 e. The van der Waals surface area contributed by atoms with E-state index >= 15 is 0 Å². The Bertz CT molecular complexity index is 1020. The van der Waals surface area contributed by atoms with Crippen molar-refractivity contribution in [3.8, 4) is 5.75 Å². The molecule has 0 fully saturated rings. The number of hydrogen-bond donors (Lipinski definition) is 1. The third-order valence-electron chi connectivity index (χ3n) is 6.11. The molecule has 3 nitrogen and oxygen atoms in total. The van der Waals surface area contributed by atoms with Gasteiger partial charge in [0.2, 0.25) is 0 Å². The fourth-order valence-electron chi connectivity index (χ4n) is 4.09. The van der Waals surface area contributed by atoms with Crippen molar-refractivity contribution < 1.29 is 14.6 Å². The van der Waals surface area contributed by atoms with Gasteiger partial charge in [-0.05, 0) is 47.8 Å². The molecule has 0 aliphatic carbocycles. The van der Waals surface area contributed by atoms with Crippen LogP contribution in [0.5, 0.6) is 5.75 Å². The van der Waals surface area contributed by atoms with Crippen molar-refractivity contribution in [3.05, 3.63) is 94.5 Å². The van der Waals surface area contributed by atoms with E-state index in [1.165, 1.54) is 22.0 Å². The minimum atomic E-state index is -0.493. The van der Waals surface area contributed by atoms with Gasteiger partial charge in [0.05, 0.1) is 6.10 Å². The number of benzene rings is 3. The standard InChI is InChI=1S/C28H35O3P/c1-6-28(4,32-27-20(2)12-10-16-24(27)21(3)29)25-17-11-15-23(26(25)31-19-30-5)18-22-13-8-7-9-14-22/h7-17,21,29,32H,6,18-19H2,1-5H3. The van der Waals surface area contributed by atoms with Crippen LogP contribution in [-0.4, -0.2) is 19.0 Å². The molecule has 0 bridgehead atoms. The van der Waals surface area contributed by atoms with Crippen LogP contribution in [0.25, 0.3) is 0 Å². The SMILES string of the molecule is CCC(C)(Pc1c(C)cccc1C(C)O)c1cccc(Cc2ccccc2)c1OCOC. The lowest BCUT2D eigenvalue weighted by Crippen LogP contribution is -2.23. The highest BCUT2D eigenvalue weighted by Crippen LogP contribution is 2.49. The van der Waals surface area contributed by atoms with Crippen molar-refractivity contribution in [1.29, 1.82) is 0 Å². The Labute approximate surface area is 194 Å². The second-order valence-electron chi connectivity index (χ2n) is 8.53. The Morgan fingerprint density at radius 1 is 1.00 bits per heavy atom. The number of aryl methyl sites for hydroxylation is 1. The molecule has 3 unspecified atom stereocenters. The van der Waals surface area contributed by atoms with Crippen molar-refractivity contribution in [3.63, 3.8) is 0 Å². The third kappa shape index (κ3) is 5.59. The fourth-order valence-corrected chi connectivity index (χ4v) is 5.87. The molecule has 0 saturated heterocycles. The number of hydrogen-bond acceptors (Lipinski definition) is 3. The Morgan fingerprint density at radius 2 is 1.72 bits per heavy atom. The summed E-state index contributed by atoms with van der Waals surface area (Å²) in [5.41, 5.74) is 5.85. The van der Waals surface area contributed by atoms with Crippen LogP contribution >= 0.6 is 8.58 Å². The average Bonchev–Trinajstić information content (AvgIpc) is 2.79. The summed E-state index contributed by atoms with van der Waals surface area (Å²) in [5, 5.41) is 11.5. The van der Waals surface area contributed by atoms with E-state index in [2.05, 4.69) is 69.3 Å². The molecular formula is C28H35O3P. The Morgan fingerprint density at radius 3 is 2.38 bits per heavy atom. The van der Waals surface area contributed by atoms with Crippen LogP contribution in [-0.2, 0) is 16.3 Å². The molecule has 0 heterocycles. The van der Waals surface area contributed by atoms with Crippen molar-refractivity contribution >= 4 is 13.9 Å². The van der Waals surface area contributed by atoms with Gasteiger partial charge >= 0.3 is 0 Å². The van der Waals surface area contributed by atoms with E-state index in [9.17, 15) is 5.11 Å². The van der Waals surface area contributed by atoms with Crippen molar-refractivity contribution in [2.24, 2.45) is 0 Å². The molecule has 0 spiro atoms. The first-order valence-corrected chi connectivity index (χ1v) is 12.2. The summed E-state index contributed by atoms with van der Waals surface area (Å²) in [6.07, 6.45) is 1.27. The van der Waals surface area contributed by atoms with E-state index in [4.69, 9.17) is 9.47 Å². The predicted molar refractivity (Wildman–Crippen MR) is 136 cm³/mol. The summed E-state index contributed by atoms with van der Waals surface area (Å²) < 4.78 is 11.5. The smallest absolute Gasteiger partial charge is 0.188 e. The highest BCUT2D eigenvalue weighted by Gasteiger charge is 2.31. The highest BCUT2D eigenvalue weighted by atomic mass is 31.1. The number of ether oxygens (including phenoxy) is 2. The van der Waals surface area contributed by atoms with Gasteiger partial charge in [-0.25, -0.2) is 0 Å². The van der Waals surface area contributed by atoms with E-state index in [0.717, 1.165) is 29.7 Å². The quantitative estimate of drug-likeness (QED) is 0.293. The number of methoxy groups -OCH3 is 1. The Hall–Kier alpha value is -2.19. The number of aliphatic hydroxyl groups excluding tert-OH is 1. The normalized spacial score (nSPS) is 14.4. The number of para-hydroxylation sites is 1. The minimum Gasteiger partial charge on any atom is -0.467 e. The topological polar surface area (TPSA) is 38.7 Å². The summed E-state index contributed by atoms with van der Waals surface area (Å²) in [5.74, 6) is 0.919. The van der Waals surface area contributed by atoms with E-state index in [1.807, 2.05) is 25.1 Å². The van der Waals surface area contributed by atoms with E-state index in [1.54, 1.807) is 7.11 Å². The number of aliphatic hydroxyl groups is 1. The maximum absolute atomic E-state index is 10.4. The van der Waals surface area contributed by atoms with Crippen LogP contribution in [0.3, 0.4) is 0 Å². The zero-order chi connectivity index (χ0) is 23.1. The first-order valence-electron chi connectivity index (χ1n) is 11.2. The summed E-state index contributed by atoms with van der Waals surface area (Å²) >= 11 is 0. The zero-order valence-electron chi connectivity index (χ0n) is 19.8. The van der Waals surface area contributed by atoms with Crippen LogP contribution in [0, 0.1) is 6.92 Å². The predicted octanol–water partition coefficient (Wildman–Crippen LogP) is 6.25. The van der Waals surface area contributed by atoms with Crippen LogP contribution in [0.2, 0.25) is 0 Å². The monoisotopic (exact) mass is 450 g/mol. The van der Waals surface area contributed by atoms with Crippen LogP contribution < -0.4 is 10.0 Å². The molecule has 4 heteroatoms. The van der Waals surface area contributed by atoms with Gasteiger partial charge in [-0.3, -0.25) is 0 Å². The van der Waals surface area contributed by atoms with E-state index < -0.39 is 6.10 Å². The third-order valence-corrected chi connectivity index (χ3v) is 8.22. The Balaban J connectivity index is 2.08. The van der Waals surface area contributed by atoms with Crippen LogP contribution in [0.15, 0.2) is 66.7 Å². The second-order valence-corrected chi connectivity index (χ2v) is 10.4. The molecule has 3 atom stereocenters. The summed E-state index contributed by atoms with van der Waals surface area (Å²) in [4.78, 5) is 0. The molecule has 0 radical (unpaired) electrons.